The zero-order valence-electron chi connectivity index (χ0n) is 12.2. The van der Waals surface area contributed by atoms with Crippen molar-refractivity contribution in [3.63, 3.8) is 0 Å². The Hall–Kier alpha value is -1.88. The molecule has 5 heteroatoms. The summed E-state index contributed by atoms with van der Waals surface area (Å²) in [4.78, 5) is 0. The summed E-state index contributed by atoms with van der Waals surface area (Å²) in [6.45, 7) is 7.27. The molecule has 0 aliphatic rings. The number of aromatic nitrogens is 3. The van der Waals surface area contributed by atoms with Gasteiger partial charge >= 0.3 is 0 Å². The predicted octanol–water partition coefficient (Wildman–Crippen LogP) is 2.31. The molecule has 1 N–H and O–H groups in total. The van der Waals surface area contributed by atoms with E-state index in [1.165, 1.54) is 5.56 Å². The van der Waals surface area contributed by atoms with E-state index in [2.05, 4.69) is 24.2 Å². The van der Waals surface area contributed by atoms with E-state index in [4.69, 9.17) is 4.74 Å². The minimum atomic E-state index is -0.120. The van der Waals surface area contributed by atoms with Crippen LogP contribution in [0.4, 0.5) is 0 Å². The predicted molar refractivity (Wildman–Crippen MR) is 76.3 cm³/mol. The van der Waals surface area contributed by atoms with E-state index >= 15 is 0 Å². The van der Waals surface area contributed by atoms with Gasteiger partial charge in [-0.1, -0.05) is 36.8 Å². The summed E-state index contributed by atoms with van der Waals surface area (Å²) in [7, 11) is 0. The first-order chi connectivity index (χ1) is 9.60. The van der Waals surface area contributed by atoms with E-state index in [9.17, 15) is 5.11 Å². The zero-order valence-corrected chi connectivity index (χ0v) is 12.2. The number of aliphatic hydroxyl groups excluding tert-OH is 1. The number of benzene rings is 1. The Balaban J connectivity index is 2.10. The van der Waals surface area contributed by atoms with Crippen molar-refractivity contribution >= 4 is 0 Å². The van der Waals surface area contributed by atoms with Crippen LogP contribution in [0.5, 0.6) is 5.75 Å². The van der Waals surface area contributed by atoms with Gasteiger partial charge in [0.05, 0.1) is 6.61 Å². The van der Waals surface area contributed by atoms with E-state index in [-0.39, 0.29) is 6.61 Å². The molecule has 0 fully saturated rings. The number of aliphatic hydroxyl groups is 1. The van der Waals surface area contributed by atoms with Gasteiger partial charge < -0.3 is 9.84 Å². The largest absolute Gasteiger partial charge is 0.487 e. The number of hydrogen-bond acceptors (Lipinski definition) is 4. The van der Waals surface area contributed by atoms with Gasteiger partial charge in [0.1, 0.15) is 23.7 Å². The molecule has 0 amide bonds. The Bertz CT molecular complexity index is 547. The molecule has 0 saturated carbocycles. The highest BCUT2D eigenvalue weighted by molar-refractivity contribution is 5.26. The smallest absolute Gasteiger partial charge is 0.132 e. The van der Waals surface area contributed by atoms with Gasteiger partial charge in [-0.25, -0.2) is 4.68 Å². The second kappa shape index (κ2) is 6.52. The van der Waals surface area contributed by atoms with Crippen molar-refractivity contribution in [1.29, 1.82) is 0 Å². The molecule has 0 radical (unpaired) electrons. The molecule has 1 aromatic heterocycles. The maximum atomic E-state index is 9.33. The second-order valence-corrected chi connectivity index (χ2v) is 5.32. The van der Waals surface area contributed by atoms with E-state index in [1.54, 1.807) is 0 Å². The standard InChI is InChI=1S/C15H21N3O2/c1-11(2)8-18-15(14(9-19)16-17-18)10-20-13-6-4-12(3)5-7-13/h4-7,11,19H,8-10H2,1-3H3. The molecule has 0 atom stereocenters. The normalized spacial score (nSPS) is 11.1. The highest BCUT2D eigenvalue weighted by Crippen LogP contribution is 2.15. The summed E-state index contributed by atoms with van der Waals surface area (Å²) >= 11 is 0. The van der Waals surface area contributed by atoms with Crippen LogP contribution in [0, 0.1) is 12.8 Å². The van der Waals surface area contributed by atoms with E-state index in [0.29, 0.717) is 18.2 Å². The summed E-state index contributed by atoms with van der Waals surface area (Å²) in [5, 5.41) is 17.4. The van der Waals surface area contributed by atoms with Crippen LogP contribution in [0.2, 0.25) is 0 Å². The van der Waals surface area contributed by atoms with Gasteiger partial charge in [0.2, 0.25) is 0 Å². The minimum absolute atomic E-state index is 0.120. The lowest BCUT2D eigenvalue weighted by molar-refractivity contribution is 0.260. The van der Waals surface area contributed by atoms with Crippen molar-refractivity contribution < 1.29 is 9.84 Å². The van der Waals surface area contributed by atoms with Crippen LogP contribution in [0.25, 0.3) is 0 Å². The maximum absolute atomic E-state index is 9.33. The quantitative estimate of drug-likeness (QED) is 0.879. The first-order valence-corrected chi connectivity index (χ1v) is 6.81. The molecule has 5 nitrogen and oxygen atoms in total. The Labute approximate surface area is 119 Å². The zero-order chi connectivity index (χ0) is 14.5. The Morgan fingerprint density at radius 2 is 1.95 bits per heavy atom. The van der Waals surface area contributed by atoms with Crippen molar-refractivity contribution in [2.45, 2.75) is 40.5 Å². The first kappa shape index (κ1) is 14.5. The summed E-state index contributed by atoms with van der Waals surface area (Å²) < 4.78 is 7.57. The van der Waals surface area contributed by atoms with E-state index < -0.39 is 0 Å². The second-order valence-electron chi connectivity index (χ2n) is 5.32. The van der Waals surface area contributed by atoms with Gasteiger partial charge in [0, 0.05) is 6.54 Å². The van der Waals surface area contributed by atoms with E-state index in [1.807, 2.05) is 35.9 Å². The monoisotopic (exact) mass is 275 g/mol. The summed E-state index contributed by atoms with van der Waals surface area (Å²) in [6.07, 6.45) is 0. The minimum Gasteiger partial charge on any atom is -0.487 e. The van der Waals surface area contributed by atoms with Gasteiger partial charge in [-0.05, 0) is 25.0 Å². The average Bonchev–Trinajstić information content (AvgIpc) is 2.79. The SMILES string of the molecule is Cc1ccc(OCc2c(CO)nnn2CC(C)C)cc1. The van der Waals surface area contributed by atoms with Gasteiger partial charge in [-0.15, -0.1) is 5.10 Å². The maximum Gasteiger partial charge on any atom is 0.132 e. The van der Waals surface area contributed by atoms with Crippen LogP contribution in [0.1, 0.15) is 30.8 Å². The molecule has 0 unspecified atom stereocenters. The average molecular weight is 275 g/mol. The van der Waals surface area contributed by atoms with E-state index in [0.717, 1.165) is 18.0 Å². The molecular weight excluding hydrogens is 254 g/mol. The summed E-state index contributed by atoms with van der Waals surface area (Å²) in [6, 6.07) is 7.88. The van der Waals surface area contributed by atoms with Crippen molar-refractivity contribution in [1.82, 2.24) is 15.0 Å². The van der Waals surface area contributed by atoms with Crippen LogP contribution in [0.3, 0.4) is 0 Å². The first-order valence-electron chi connectivity index (χ1n) is 6.81. The Kier molecular flexibility index (Phi) is 4.74. The number of hydrogen-bond donors (Lipinski definition) is 1. The molecule has 2 aromatic rings. The molecule has 0 aliphatic carbocycles. The third-order valence-corrected chi connectivity index (χ3v) is 3.00. The van der Waals surface area contributed by atoms with Gasteiger partial charge in [-0.2, -0.15) is 0 Å². The molecule has 108 valence electrons. The highest BCUT2D eigenvalue weighted by Gasteiger charge is 2.13. The highest BCUT2D eigenvalue weighted by atomic mass is 16.5. The fraction of sp³-hybridized carbons (Fsp3) is 0.467. The van der Waals surface area contributed by atoms with Crippen LogP contribution in [0.15, 0.2) is 24.3 Å². The van der Waals surface area contributed by atoms with Crippen molar-refractivity contribution in [2.24, 2.45) is 5.92 Å². The third-order valence-electron chi connectivity index (χ3n) is 3.00. The van der Waals surface area contributed by atoms with Crippen LogP contribution >= 0.6 is 0 Å². The Morgan fingerprint density at radius 1 is 1.25 bits per heavy atom. The van der Waals surface area contributed by atoms with Crippen LogP contribution in [-0.4, -0.2) is 20.1 Å². The molecule has 0 bridgehead atoms. The molecule has 0 spiro atoms. The lowest BCUT2D eigenvalue weighted by Gasteiger charge is -2.11. The van der Waals surface area contributed by atoms with Crippen LogP contribution < -0.4 is 4.74 Å². The van der Waals surface area contributed by atoms with Gasteiger partial charge in [-0.3, -0.25) is 0 Å². The number of nitrogens with zero attached hydrogens (tertiary/aromatic N) is 3. The van der Waals surface area contributed by atoms with Crippen molar-refractivity contribution in [3.05, 3.63) is 41.2 Å². The fourth-order valence-corrected chi connectivity index (χ4v) is 1.93. The molecule has 1 heterocycles. The molecule has 1 aromatic carbocycles. The molecule has 0 saturated heterocycles. The number of ether oxygens (including phenoxy) is 1. The van der Waals surface area contributed by atoms with Gasteiger partial charge in [0.25, 0.3) is 0 Å². The fourth-order valence-electron chi connectivity index (χ4n) is 1.93. The lowest BCUT2D eigenvalue weighted by atomic mass is 10.2. The topological polar surface area (TPSA) is 60.2 Å². The molecular formula is C15H21N3O2. The lowest BCUT2D eigenvalue weighted by Crippen LogP contribution is -2.12. The van der Waals surface area contributed by atoms with Crippen LogP contribution in [-0.2, 0) is 19.8 Å². The Morgan fingerprint density at radius 3 is 2.55 bits per heavy atom. The van der Waals surface area contributed by atoms with Crippen molar-refractivity contribution in [2.75, 3.05) is 0 Å². The molecule has 0 aliphatic heterocycles. The summed E-state index contributed by atoms with van der Waals surface area (Å²) in [5.41, 5.74) is 2.61. The van der Waals surface area contributed by atoms with Crippen molar-refractivity contribution in [3.8, 4) is 5.75 Å². The summed E-state index contributed by atoms with van der Waals surface area (Å²) in [5.74, 6) is 1.26. The number of aryl methyl sites for hydroxylation is 1. The van der Waals surface area contributed by atoms with Gasteiger partial charge in [0.15, 0.2) is 0 Å². The molecule has 2 rings (SSSR count). The third kappa shape index (κ3) is 3.57. The molecule has 20 heavy (non-hydrogen) atoms. The number of rotatable bonds is 6.